The Balaban J connectivity index is 2.33. The molecule has 0 aliphatic heterocycles. The number of rotatable bonds is 5. The first-order valence-electron chi connectivity index (χ1n) is 6.63. The Morgan fingerprint density at radius 2 is 1.76 bits per heavy atom. The first-order valence-corrected chi connectivity index (χ1v) is 7.51. The number of para-hydroxylation sites is 1. The summed E-state index contributed by atoms with van der Waals surface area (Å²) >= 11 is 1.32. The van der Waals surface area contributed by atoms with E-state index in [9.17, 15) is 15.2 Å². The lowest BCUT2D eigenvalue weighted by Crippen LogP contribution is -2.11. The van der Waals surface area contributed by atoms with Gasteiger partial charge in [0, 0.05) is 6.07 Å². The van der Waals surface area contributed by atoms with Crippen molar-refractivity contribution < 1.29 is 10.0 Å². The molecule has 0 saturated heterocycles. The van der Waals surface area contributed by atoms with Gasteiger partial charge in [-0.2, -0.15) is 0 Å². The molecule has 0 amide bonds. The molecule has 0 radical (unpaired) electrons. The van der Waals surface area contributed by atoms with Crippen LogP contribution >= 0.6 is 11.8 Å². The normalized spacial score (nSPS) is 13.7. The van der Waals surface area contributed by atoms with E-state index in [2.05, 4.69) is 0 Å². The zero-order valence-electron chi connectivity index (χ0n) is 11.9. The molecule has 0 fully saturated rings. The summed E-state index contributed by atoms with van der Waals surface area (Å²) < 4.78 is 0. The van der Waals surface area contributed by atoms with E-state index >= 15 is 0 Å². The predicted octanol–water partition coefficient (Wildman–Crippen LogP) is 4.12. The summed E-state index contributed by atoms with van der Waals surface area (Å²) in [7, 11) is 0. The Hall–Kier alpha value is -1.85. The molecule has 0 aliphatic carbocycles. The number of nitrogens with zero attached hydrogens (tertiary/aromatic N) is 1. The van der Waals surface area contributed by atoms with Gasteiger partial charge in [0.15, 0.2) is 0 Å². The van der Waals surface area contributed by atoms with Crippen LogP contribution in [-0.2, 0) is 0 Å². The Bertz CT molecular complexity index is 626. The van der Waals surface area contributed by atoms with E-state index in [1.807, 2.05) is 31.2 Å². The third-order valence-electron chi connectivity index (χ3n) is 3.16. The molecule has 5 heteroatoms. The van der Waals surface area contributed by atoms with Gasteiger partial charge in [-0.05, 0) is 25.5 Å². The lowest BCUT2D eigenvalue weighted by Gasteiger charge is -2.20. The Morgan fingerprint density at radius 3 is 2.33 bits per heavy atom. The van der Waals surface area contributed by atoms with Crippen molar-refractivity contribution in [3.05, 3.63) is 69.8 Å². The number of aryl methyl sites for hydroxylation is 1. The van der Waals surface area contributed by atoms with Crippen molar-refractivity contribution >= 4 is 17.4 Å². The van der Waals surface area contributed by atoms with Gasteiger partial charge < -0.3 is 5.11 Å². The maximum Gasteiger partial charge on any atom is 0.282 e. The monoisotopic (exact) mass is 303 g/mol. The van der Waals surface area contributed by atoms with Gasteiger partial charge in [0.05, 0.1) is 21.2 Å². The summed E-state index contributed by atoms with van der Waals surface area (Å²) in [6.07, 6.45) is -0.613. The number of aliphatic hydroxyl groups is 1. The van der Waals surface area contributed by atoms with Crippen molar-refractivity contribution in [2.24, 2.45) is 0 Å². The second kappa shape index (κ2) is 6.74. The molecule has 110 valence electrons. The number of nitro groups is 1. The third kappa shape index (κ3) is 3.83. The zero-order chi connectivity index (χ0) is 15.4. The molecule has 1 N–H and O–H groups in total. The van der Waals surface area contributed by atoms with Gasteiger partial charge in [-0.15, -0.1) is 11.8 Å². The average molecular weight is 303 g/mol. The highest BCUT2D eigenvalue weighted by Crippen LogP contribution is 2.41. The van der Waals surface area contributed by atoms with Crippen molar-refractivity contribution in [1.29, 1.82) is 0 Å². The van der Waals surface area contributed by atoms with E-state index in [0.29, 0.717) is 4.90 Å². The van der Waals surface area contributed by atoms with E-state index in [1.54, 1.807) is 25.1 Å². The van der Waals surface area contributed by atoms with Crippen LogP contribution in [-0.4, -0.2) is 16.1 Å². The fraction of sp³-hybridized carbons (Fsp3) is 0.250. The summed E-state index contributed by atoms with van der Waals surface area (Å²) in [6, 6.07) is 14.5. The van der Waals surface area contributed by atoms with Crippen LogP contribution in [0.25, 0.3) is 0 Å². The maximum absolute atomic E-state index is 11.1. The van der Waals surface area contributed by atoms with E-state index in [0.717, 1.165) is 11.1 Å². The minimum atomic E-state index is -0.613. The number of thioether (sulfide) groups is 1. The first kappa shape index (κ1) is 15.5. The van der Waals surface area contributed by atoms with Gasteiger partial charge >= 0.3 is 0 Å². The molecular formula is C16H17NO3S. The van der Waals surface area contributed by atoms with Crippen molar-refractivity contribution in [2.45, 2.75) is 30.1 Å². The lowest BCUT2D eigenvalue weighted by molar-refractivity contribution is -0.387. The molecular weight excluding hydrogens is 286 g/mol. The predicted molar refractivity (Wildman–Crippen MR) is 84.6 cm³/mol. The van der Waals surface area contributed by atoms with Gasteiger partial charge in [-0.25, -0.2) is 0 Å². The van der Waals surface area contributed by atoms with Crippen LogP contribution in [0.1, 0.15) is 23.3 Å². The highest BCUT2D eigenvalue weighted by molar-refractivity contribution is 7.99. The van der Waals surface area contributed by atoms with Crippen LogP contribution < -0.4 is 0 Å². The molecule has 2 atom stereocenters. The first-order chi connectivity index (χ1) is 9.99. The largest absolute Gasteiger partial charge is 0.392 e. The number of nitro benzene ring substituents is 1. The van der Waals surface area contributed by atoms with Crippen LogP contribution in [0.3, 0.4) is 0 Å². The smallest absolute Gasteiger partial charge is 0.282 e. The molecule has 4 nitrogen and oxygen atoms in total. The number of hydrogen-bond acceptors (Lipinski definition) is 4. The summed E-state index contributed by atoms with van der Waals surface area (Å²) in [5.41, 5.74) is 2.16. The molecule has 0 aromatic heterocycles. The van der Waals surface area contributed by atoms with Crippen molar-refractivity contribution in [2.75, 3.05) is 0 Å². The van der Waals surface area contributed by atoms with E-state index in [1.165, 1.54) is 17.8 Å². The van der Waals surface area contributed by atoms with Gasteiger partial charge in [-0.1, -0.05) is 42.0 Å². The molecule has 2 aromatic carbocycles. The van der Waals surface area contributed by atoms with Gasteiger partial charge in [0.2, 0.25) is 0 Å². The molecule has 2 rings (SSSR count). The third-order valence-corrected chi connectivity index (χ3v) is 4.68. The standard InChI is InChI=1S/C16H17NO3S/c1-11-7-9-13(10-8-11)16(12(2)18)21-15-6-4-3-5-14(15)17(19)20/h3-10,12,16,18H,1-2H3/t12-,16+/m0/s1. The minimum Gasteiger partial charge on any atom is -0.392 e. The molecule has 21 heavy (non-hydrogen) atoms. The average Bonchev–Trinajstić information content (AvgIpc) is 2.46. The summed E-state index contributed by atoms with van der Waals surface area (Å²) in [5, 5.41) is 20.9. The number of aliphatic hydroxyl groups excluding tert-OH is 1. The Labute approximate surface area is 128 Å². The SMILES string of the molecule is Cc1ccc([C@H](Sc2ccccc2[N+](=O)[O-])[C@H](C)O)cc1. The van der Waals surface area contributed by atoms with Crippen molar-refractivity contribution in [3.63, 3.8) is 0 Å². The van der Waals surface area contributed by atoms with Crippen LogP contribution in [0.4, 0.5) is 5.69 Å². The number of benzene rings is 2. The summed E-state index contributed by atoms with van der Waals surface area (Å²) in [5.74, 6) is 0. The van der Waals surface area contributed by atoms with Crippen LogP contribution in [0.5, 0.6) is 0 Å². The Morgan fingerprint density at radius 1 is 1.14 bits per heavy atom. The van der Waals surface area contributed by atoms with Gasteiger partial charge in [0.25, 0.3) is 5.69 Å². The summed E-state index contributed by atoms with van der Waals surface area (Å²) in [4.78, 5) is 11.3. The van der Waals surface area contributed by atoms with Crippen LogP contribution in [0.2, 0.25) is 0 Å². The number of hydrogen-bond donors (Lipinski definition) is 1. The van der Waals surface area contributed by atoms with Gasteiger partial charge in [-0.3, -0.25) is 10.1 Å². The highest BCUT2D eigenvalue weighted by atomic mass is 32.2. The highest BCUT2D eigenvalue weighted by Gasteiger charge is 2.23. The van der Waals surface area contributed by atoms with Gasteiger partial charge in [0.1, 0.15) is 0 Å². The molecule has 0 saturated carbocycles. The fourth-order valence-corrected chi connectivity index (χ4v) is 3.23. The van der Waals surface area contributed by atoms with E-state index in [-0.39, 0.29) is 10.9 Å². The lowest BCUT2D eigenvalue weighted by atomic mass is 10.1. The second-order valence-corrected chi connectivity index (χ2v) is 6.10. The molecule has 0 heterocycles. The zero-order valence-corrected chi connectivity index (χ0v) is 12.7. The fourth-order valence-electron chi connectivity index (χ4n) is 2.05. The van der Waals surface area contributed by atoms with Crippen molar-refractivity contribution in [1.82, 2.24) is 0 Å². The maximum atomic E-state index is 11.1. The van der Waals surface area contributed by atoms with E-state index < -0.39 is 11.0 Å². The molecule has 0 spiro atoms. The molecule has 0 bridgehead atoms. The quantitative estimate of drug-likeness (QED) is 0.513. The Kier molecular flexibility index (Phi) is 4.98. The second-order valence-electron chi connectivity index (χ2n) is 4.91. The van der Waals surface area contributed by atoms with Crippen molar-refractivity contribution in [3.8, 4) is 0 Å². The van der Waals surface area contributed by atoms with Crippen LogP contribution in [0, 0.1) is 17.0 Å². The molecule has 0 unspecified atom stereocenters. The summed E-state index contributed by atoms with van der Waals surface area (Å²) in [6.45, 7) is 3.70. The molecule has 0 aliphatic rings. The minimum absolute atomic E-state index is 0.0697. The van der Waals surface area contributed by atoms with E-state index in [4.69, 9.17) is 0 Å². The topological polar surface area (TPSA) is 63.4 Å². The molecule has 2 aromatic rings. The van der Waals surface area contributed by atoms with Crippen LogP contribution in [0.15, 0.2) is 53.4 Å².